The van der Waals surface area contributed by atoms with Gasteiger partial charge in [0.05, 0.1) is 21.3 Å². The van der Waals surface area contributed by atoms with Gasteiger partial charge in [0, 0.05) is 11.4 Å². The predicted molar refractivity (Wildman–Crippen MR) is 74.5 cm³/mol. The minimum Gasteiger partial charge on any atom is -0.493 e. The molecular weight excluding hydrogens is 252 g/mol. The van der Waals surface area contributed by atoms with E-state index in [9.17, 15) is 0 Å². The summed E-state index contributed by atoms with van der Waals surface area (Å²) >= 11 is 5.87. The van der Waals surface area contributed by atoms with E-state index in [0.29, 0.717) is 23.1 Å². The van der Waals surface area contributed by atoms with Crippen molar-refractivity contribution in [3.05, 3.63) is 17.7 Å². The molecule has 0 unspecified atom stereocenters. The van der Waals surface area contributed by atoms with E-state index in [2.05, 4.69) is 13.8 Å². The van der Waals surface area contributed by atoms with Gasteiger partial charge in [0.15, 0.2) is 11.5 Å². The molecule has 1 aromatic carbocycles. The summed E-state index contributed by atoms with van der Waals surface area (Å²) in [6.07, 6.45) is 0.862. The first-order chi connectivity index (χ1) is 8.51. The Balaban J connectivity index is 3.37. The fraction of sp³-hybridized carbons (Fsp3) is 0.571. The molecular formula is C14H21ClO3. The van der Waals surface area contributed by atoms with E-state index in [0.717, 1.165) is 12.0 Å². The number of hydrogen-bond donors (Lipinski definition) is 0. The largest absolute Gasteiger partial charge is 0.493 e. The van der Waals surface area contributed by atoms with Gasteiger partial charge in [0.1, 0.15) is 0 Å². The molecule has 0 N–H and O–H groups in total. The van der Waals surface area contributed by atoms with Gasteiger partial charge in [0.25, 0.3) is 0 Å². The minimum atomic E-state index is -0.0767. The van der Waals surface area contributed by atoms with Gasteiger partial charge in [0.2, 0.25) is 5.75 Å². The quantitative estimate of drug-likeness (QED) is 0.741. The van der Waals surface area contributed by atoms with Gasteiger partial charge in [-0.2, -0.15) is 0 Å². The summed E-state index contributed by atoms with van der Waals surface area (Å²) in [7, 11) is 4.86. The van der Waals surface area contributed by atoms with Crippen LogP contribution in [0.25, 0.3) is 0 Å². The number of methoxy groups -OCH3 is 3. The van der Waals surface area contributed by atoms with Crippen LogP contribution in [0.1, 0.15) is 25.8 Å². The summed E-state index contributed by atoms with van der Waals surface area (Å²) in [6, 6.07) is 3.90. The Morgan fingerprint density at radius 2 is 1.61 bits per heavy atom. The number of rotatable bonds is 6. The van der Waals surface area contributed by atoms with Crippen molar-refractivity contribution in [2.75, 3.05) is 27.2 Å². The van der Waals surface area contributed by atoms with Gasteiger partial charge in [-0.15, -0.1) is 11.6 Å². The highest BCUT2D eigenvalue weighted by atomic mass is 35.5. The first kappa shape index (κ1) is 15.0. The first-order valence-corrected chi connectivity index (χ1v) is 6.40. The topological polar surface area (TPSA) is 27.7 Å². The highest BCUT2D eigenvalue weighted by Gasteiger charge is 2.27. The number of alkyl halides is 1. The monoisotopic (exact) mass is 272 g/mol. The Bertz CT molecular complexity index is 402. The molecule has 1 rings (SSSR count). The van der Waals surface area contributed by atoms with E-state index in [1.807, 2.05) is 12.1 Å². The third-order valence-corrected chi connectivity index (χ3v) is 3.34. The fourth-order valence-electron chi connectivity index (χ4n) is 2.01. The van der Waals surface area contributed by atoms with E-state index in [4.69, 9.17) is 25.8 Å². The highest BCUT2D eigenvalue weighted by molar-refractivity contribution is 6.17. The van der Waals surface area contributed by atoms with Crippen molar-refractivity contribution in [2.24, 2.45) is 0 Å². The van der Waals surface area contributed by atoms with Crippen LogP contribution >= 0.6 is 11.6 Å². The van der Waals surface area contributed by atoms with Gasteiger partial charge in [-0.05, 0) is 17.9 Å². The Kier molecular flexibility index (Phi) is 5.15. The summed E-state index contributed by atoms with van der Waals surface area (Å²) in [5.41, 5.74) is 0.996. The van der Waals surface area contributed by atoms with Crippen LogP contribution in [-0.2, 0) is 5.41 Å². The van der Waals surface area contributed by atoms with Crippen LogP contribution in [0.4, 0.5) is 0 Å². The van der Waals surface area contributed by atoms with Gasteiger partial charge < -0.3 is 14.2 Å². The van der Waals surface area contributed by atoms with Gasteiger partial charge in [-0.3, -0.25) is 0 Å². The molecule has 0 radical (unpaired) electrons. The first-order valence-electron chi connectivity index (χ1n) is 5.87. The summed E-state index contributed by atoms with van der Waals surface area (Å²) in [4.78, 5) is 0. The van der Waals surface area contributed by atoms with Crippen molar-refractivity contribution in [3.63, 3.8) is 0 Å². The second-order valence-corrected chi connectivity index (χ2v) is 5.08. The second kappa shape index (κ2) is 6.19. The van der Waals surface area contributed by atoms with Gasteiger partial charge >= 0.3 is 0 Å². The van der Waals surface area contributed by atoms with Crippen LogP contribution < -0.4 is 14.2 Å². The smallest absolute Gasteiger partial charge is 0.203 e. The molecule has 18 heavy (non-hydrogen) atoms. The third kappa shape index (κ3) is 2.83. The van der Waals surface area contributed by atoms with Crippen LogP contribution in [-0.4, -0.2) is 27.2 Å². The van der Waals surface area contributed by atoms with Crippen molar-refractivity contribution in [1.29, 1.82) is 0 Å². The molecule has 0 atom stereocenters. The van der Waals surface area contributed by atoms with Crippen molar-refractivity contribution < 1.29 is 14.2 Å². The van der Waals surface area contributed by atoms with E-state index >= 15 is 0 Å². The van der Waals surface area contributed by atoms with E-state index in [1.165, 1.54) is 0 Å². The summed E-state index contributed by atoms with van der Waals surface area (Å²) in [5.74, 6) is 2.61. The molecule has 1 aromatic rings. The maximum absolute atomic E-state index is 5.87. The molecule has 0 aliphatic rings. The lowest BCUT2D eigenvalue weighted by atomic mass is 9.81. The average molecular weight is 273 g/mol. The predicted octanol–water partition coefficient (Wildman–Crippen LogP) is 3.62. The molecule has 0 heterocycles. The summed E-state index contributed by atoms with van der Waals surface area (Å²) < 4.78 is 16.2. The molecule has 0 saturated heterocycles. The maximum atomic E-state index is 5.87. The van der Waals surface area contributed by atoms with Crippen LogP contribution in [0.2, 0.25) is 0 Å². The molecule has 0 amide bonds. The Labute approximate surface area is 114 Å². The molecule has 102 valence electrons. The highest BCUT2D eigenvalue weighted by Crippen LogP contribution is 2.45. The zero-order chi connectivity index (χ0) is 13.8. The number of halogens is 1. The SMILES string of the molecule is COc1ccc(C(C)(C)CCCl)c(OC)c1OC. The minimum absolute atomic E-state index is 0.0767. The molecule has 0 aliphatic carbocycles. The van der Waals surface area contributed by atoms with Gasteiger partial charge in [-0.25, -0.2) is 0 Å². The van der Waals surface area contributed by atoms with E-state index < -0.39 is 0 Å². The molecule has 0 saturated carbocycles. The van der Waals surface area contributed by atoms with Crippen molar-refractivity contribution in [2.45, 2.75) is 25.7 Å². The Morgan fingerprint density at radius 1 is 1.00 bits per heavy atom. The lowest BCUT2D eigenvalue weighted by Crippen LogP contribution is -2.19. The van der Waals surface area contributed by atoms with Crippen molar-refractivity contribution in [3.8, 4) is 17.2 Å². The van der Waals surface area contributed by atoms with Crippen molar-refractivity contribution >= 4 is 11.6 Å². The van der Waals surface area contributed by atoms with Crippen LogP contribution in [0.3, 0.4) is 0 Å². The summed E-state index contributed by atoms with van der Waals surface area (Å²) in [6.45, 7) is 4.28. The lowest BCUT2D eigenvalue weighted by molar-refractivity contribution is 0.316. The Morgan fingerprint density at radius 3 is 2.06 bits per heavy atom. The molecule has 0 bridgehead atoms. The fourth-order valence-corrected chi connectivity index (χ4v) is 2.48. The molecule has 0 aliphatic heterocycles. The Hall–Kier alpha value is -1.09. The molecule has 0 spiro atoms. The normalized spacial score (nSPS) is 11.2. The molecule has 3 nitrogen and oxygen atoms in total. The zero-order valence-electron chi connectivity index (χ0n) is 11.7. The molecule has 0 fully saturated rings. The summed E-state index contributed by atoms with van der Waals surface area (Å²) in [5, 5.41) is 0. The standard InChI is InChI=1S/C14H21ClO3/c1-14(2,8-9-15)10-6-7-11(16-3)13(18-5)12(10)17-4/h6-7H,8-9H2,1-5H3. The average Bonchev–Trinajstić information content (AvgIpc) is 2.36. The zero-order valence-corrected chi connectivity index (χ0v) is 12.4. The lowest BCUT2D eigenvalue weighted by Gasteiger charge is -2.27. The maximum Gasteiger partial charge on any atom is 0.203 e. The van der Waals surface area contributed by atoms with Crippen molar-refractivity contribution in [1.82, 2.24) is 0 Å². The van der Waals surface area contributed by atoms with Crippen LogP contribution in [0.15, 0.2) is 12.1 Å². The molecule has 0 aromatic heterocycles. The van der Waals surface area contributed by atoms with Crippen LogP contribution in [0, 0.1) is 0 Å². The number of ether oxygens (including phenoxy) is 3. The third-order valence-electron chi connectivity index (χ3n) is 3.15. The number of benzene rings is 1. The molecule has 4 heteroatoms. The van der Waals surface area contributed by atoms with E-state index in [1.54, 1.807) is 21.3 Å². The van der Waals surface area contributed by atoms with Gasteiger partial charge in [-0.1, -0.05) is 19.9 Å². The van der Waals surface area contributed by atoms with Crippen LogP contribution in [0.5, 0.6) is 17.2 Å². The second-order valence-electron chi connectivity index (χ2n) is 4.70. The number of hydrogen-bond acceptors (Lipinski definition) is 3. The van der Waals surface area contributed by atoms with E-state index in [-0.39, 0.29) is 5.41 Å².